The molecule has 0 spiro atoms. The van der Waals surface area contributed by atoms with Gasteiger partial charge in [-0.05, 0) is 58.5 Å². The van der Waals surface area contributed by atoms with E-state index in [1.807, 2.05) is 34.0 Å². The second-order valence-electron chi connectivity index (χ2n) is 6.76. The fourth-order valence-corrected chi connectivity index (χ4v) is 9.52. The van der Waals surface area contributed by atoms with E-state index in [-0.39, 0.29) is 0 Å². The molecule has 136 valence electrons. The van der Waals surface area contributed by atoms with Crippen LogP contribution in [-0.4, -0.2) is 19.4 Å². The molecule has 0 aliphatic rings. The standard InChI is InChI=1S/C20H17NS5Si/c1-27(2,13-21-12-22)20-10-9-19(26-20)18-8-7-17(25-18)16-6-5-15(24-16)14-4-3-11-23-14/h3-11H,13H2,1-2H3. The first kappa shape index (κ1) is 19.1. The first-order chi connectivity index (χ1) is 13.1. The van der Waals surface area contributed by atoms with Gasteiger partial charge in [-0.2, -0.15) is 0 Å². The highest BCUT2D eigenvalue weighted by Gasteiger charge is 2.25. The first-order valence-corrected chi connectivity index (χ1v) is 15.4. The molecule has 27 heavy (non-hydrogen) atoms. The molecule has 0 N–H and O–H groups in total. The van der Waals surface area contributed by atoms with Crippen molar-refractivity contribution in [1.82, 2.24) is 0 Å². The lowest BCUT2D eigenvalue weighted by molar-refractivity contribution is 1.32. The summed E-state index contributed by atoms with van der Waals surface area (Å²) >= 11 is 12.2. The van der Waals surface area contributed by atoms with Crippen molar-refractivity contribution in [3.63, 3.8) is 0 Å². The topological polar surface area (TPSA) is 12.4 Å². The summed E-state index contributed by atoms with van der Waals surface area (Å²) in [4.78, 5) is 12.3. The summed E-state index contributed by atoms with van der Waals surface area (Å²) in [7, 11) is -1.57. The second-order valence-corrected chi connectivity index (χ2v) is 16.1. The van der Waals surface area contributed by atoms with Crippen molar-refractivity contribution in [3.8, 4) is 29.3 Å². The minimum absolute atomic E-state index is 0.812. The van der Waals surface area contributed by atoms with Crippen molar-refractivity contribution in [2.24, 2.45) is 4.99 Å². The van der Waals surface area contributed by atoms with Gasteiger partial charge in [-0.25, -0.2) is 4.99 Å². The fraction of sp³-hybridized carbons (Fsp3) is 0.150. The average molecular weight is 460 g/mol. The Morgan fingerprint density at radius 1 is 0.815 bits per heavy atom. The van der Waals surface area contributed by atoms with Crippen LogP contribution in [0, 0.1) is 0 Å². The van der Waals surface area contributed by atoms with Crippen LogP contribution in [-0.2, 0) is 0 Å². The number of rotatable bonds is 6. The highest BCUT2D eigenvalue weighted by Crippen LogP contribution is 2.41. The van der Waals surface area contributed by atoms with Gasteiger partial charge in [-0.3, -0.25) is 0 Å². The van der Waals surface area contributed by atoms with Crippen LogP contribution in [0.5, 0.6) is 0 Å². The van der Waals surface area contributed by atoms with Gasteiger partial charge in [-0.15, -0.1) is 45.3 Å². The van der Waals surface area contributed by atoms with Crippen LogP contribution in [0.25, 0.3) is 29.3 Å². The highest BCUT2D eigenvalue weighted by atomic mass is 32.1. The third-order valence-electron chi connectivity index (χ3n) is 4.27. The van der Waals surface area contributed by atoms with Gasteiger partial charge in [0.2, 0.25) is 0 Å². The SMILES string of the molecule is C[Si](C)(CN=C=S)c1ccc(-c2ccc(-c3ccc(-c4cccs4)s3)s2)s1. The molecule has 0 amide bonds. The van der Waals surface area contributed by atoms with Crippen LogP contribution >= 0.6 is 57.6 Å². The molecule has 4 rings (SSSR count). The van der Waals surface area contributed by atoms with Crippen molar-refractivity contribution in [3.05, 3.63) is 53.9 Å². The van der Waals surface area contributed by atoms with Gasteiger partial charge in [0, 0.05) is 35.4 Å². The molecular formula is C20H17NS5Si. The van der Waals surface area contributed by atoms with E-state index in [4.69, 9.17) is 12.2 Å². The summed E-state index contributed by atoms with van der Waals surface area (Å²) in [6.07, 6.45) is 0.812. The number of thiocarbonyl (C=S) groups is 1. The number of aliphatic imine (C=N–C) groups is 1. The van der Waals surface area contributed by atoms with Crippen LogP contribution < -0.4 is 4.50 Å². The maximum Gasteiger partial charge on any atom is 0.118 e. The lowest BCUT2D eigenvalue weighted by Crippen LogP contribution is -2.42. The lowest BCUT2D eigenvalue weighted by atomic mass is 10.3. The summed E-state index contributed by atoms with van der Waals surface area (Å²) in [5.41, 5.74) is 0. The summed E-state index contributed by atoms with van der Waals surface area (Å²) in [6, 6.07) is 17.8. The summed E-state index contributed by atoms with van der Waals surface area (Å²) in [5.74, 6) is 0. The van der Waals surface area contributed by atoms with E-state index in [1.54, 1.807) is 11.3 Å². The molecule has 0 fully saturated rings. The quantitative estimate of drug-likeness (QED) is 0.165. The van der Waals surface area contributed by atoms with E-state index >= 15 is 0 Å². The summed E-state index contributed by atoms with van der Waals surface area (Å²) < 4.78 is 1.47. The zero-order valence-electron chi connectivity index (χ0n) is 14.9. The first-order valence-electron chi connectivity index (χ1n) is 8.45. The number of isothiocyanates is 1. The highest BCUT2D eigenvalue weighted by molar-refractivity contribution is 7.78. The Kier molecular flexibility index (Phi) is 5.71. The molecule has 4 aromatic rings. The number of thiophene rings is 4. The maximum atomic E-state index is 4.74. The molecule has 0 saturated carbocycles. The Hall–Kier alpha value is -1.18. The number of hydrogen-bond donors (Lipinski definition) is 0. The van der Waals surface area contributed by atoms with Gasteiger partial charge >= 0.3 is 0 Å². The Balaban J connectivity index is 1.58. The van der Waals surface area contributed by atoms with Gasteiger partial charge in [0.05, 0.1) is 5.16 Å². The van der Waals surface area contributed by atoms with Gasteiger partial charge in [0.25, 0.3) is 0 Å². The minimum Gasteiger partial charge on any atom is -0.235 e. The van der Waals surface area contributed by atoms with E-state index < -0.39 is 8.07 Å². The van der Waals surface area contributed by atoms with Crippen LogP contribution in [0.3, 0.4) is 0 Å². The zero-order valence-corrected chi connectivity index (χ0v) is 20.0. The normalized spacial score (nSPS) is 11.5. The lowest BCUT2D eigenvalue weighted by Gasteiger charge is -2.16. The molecule has 0 aromatic carbocycles. The molecule has 0 radical (unpaired) electrons. The average Bonchev–Trinajstić information content (AvgIpc) is 3.44. The second kappa shape index (κ2) is 8.05. The third kappa shape index (κ3) is 4.15. The Morgan fingerprint density at radius 3 is 1.93 bits per heavy atom. The molecule has 4 aromatic heterocycles. The largest absolute Gasteiger partial charge is 0.235 e. The van der Waals surface area contributed by atoms with E-state index in [9.17, 15) is 0 Å². The van der Waals surface area contributed by atoms with Crippen molar-refractivity contribution in [2.45, 2.75) is 13.1 Å². The molecule has 0 saturated heterocycles. The number of hydrogen-bond acceptors (Lipinski definition) is 6. The van der Waals surface area contributed by atoms with Crippen LogP contribution in [0.1, 0.15) is 0 Å². The van der Waals surface area contributed by atoms with Gasteiger partial charge in [0.1, 0.15) is 8.07 Å². The van der Waals surface area contributed by atoms with Crippen LogP contribution in [0.2, 0.25) is 13.1 Å². The van der Waals surface area contributed by atoms with Crippen molar-refractivity contribution in [1.29, 1.82) is 0 Å². The molecule has 1 nitrogen and oxygen atoms in total. The van der Waals surface area contributed by atoms with Crippen LogP contribution in [0.15, 0.2) is 58.9 Å². The molecule has 0 unspecified atom stereocenters. The molecule has 0 aliphatic carbocycles. The van der Waals surface area contributed by atoms with E-state index in [0.717, 1.165) is 6.17 Å². The van der Waals surface area contributed by atoms with Crippen molar-refractivity contribution >= 4 is 75.3 Å². The number of nitrogens with zero attached hydrogens (tertiary/aromatic N) is 1. The Morgan fingerprint density at radius 2 is 1.37 bits per heavy atom. The van der Waals surface area contributed by atoms with Crippen molar-refractivity contribution < 1.29 is 0 Å². The Labute approximate surface area is 181 Å². The Bertz CT molecular complexity index is 1090. The van der Waals surface area contributed by atoms with Gasteiger partial charge < -0.3 is 0 Å². The van der Waals surface area contributed by atoms with Crippen molar-refractivity contribution in [2.75, 3.05) is 6.17 Å². The van der Waals surface area contributed by atoms with E-state index in [0.29, 0.717) is 0 Å². The molecule has 0 bridgehead atoms. The predicted molar refractivity (Wildman–Crippen MR) is 131 cm³/mol. The third-order valence-corrected chi connectivity index (χ3v) is 13.3. The smallest absolute Gasteiger partial charge is 0.118 e. The summed E-state index contributed by atoms with van der Waals surface area (Å²) in [6.45, 7) is 4.69. The molecule has 7 heteroatoms. The summed E-state index contributed by atoms with van der Waals surface area (Å²) in [5, 5.41) is 4.65. The minimum atomic E-state index is -1.57. The van der Waals surface area contributed by atoms with E-state index in [2.05, 4.69) is 77.2 Å². The maximum absolute atomic E-state index is 4.74. The fourth-order valence-electron chi connectivity index (χ4n) is 2.77. The molecular weight excluding hydrogens is 443 g/mol. The molecule has 0 atom stereocenters. The molecule has 4 heterocycles. The van der Waals surface area contributed by atoms with Crippen LogP contribution in [0.4, 0.5) is 0 Å². The van der Waals surface area contributed by atoms with Gasteiger partial charge in [-0.1, -0.05) is 25.2 Å². The van der Waals surface area contributed by atoms with E-state index in [1.165, 1.54) is 33.8 Å². The molecule has 0 aliphatic heterocycles. The predicted octanol–water partition coefficient (Wildman–Crippen LogP) is 7.49. The van der Waals surface area contributed by atoms with Gasteiger partial charge in [0.15, 0.2) is 0 Å². The zero-order chi connectivity index (χ0) is 18.9. The monoisotopic (exact) mass is 459 g/mol.